The number of likely N-dealkylation sites (N-methyl/N-ethyl adjacent to an activating group) is 1. The molecule has 0 saturated carbocycles. The van der Waals surface area contributed by atoms with E-state index in [-0.39, 0.29) is 12.1 Å². The highest BCUT2D eigenvalue weighted by Gasteiger charge is 2.25. The molecule has 0 aliphatic carbocycles. The molecule has 1 heterocycles. The van der Waals surface area contributed by atoms with E-state index >= 15 is 0 Å². The number of halogens is 2. The van der Waals surface area contributed by atoms with Crippen molar-refractivity contribution < 1.29 is 4.74 Å². The van der Waals surface area contributed by atoms with Crippen LogP contribution < -0.4 is 5.73 Å². The summed E-state index contributed by atoms with van der Waals surface area (Å²) >= 11 is 12.2. The summed E-state index contributed by atoms with van der Waals surface area (Å²) in [5, 5.41) is 1.17. The minimum atomic E-state index is -0.0645. The fourth-order valence-electron chi connectivity index (χ4n) is 2.37. The van der Waals surface area contributed by atoms with Crippen molar-refractivity contribution in [1.82, 2.24) is 4.90 Å². The van der Waals surface area contributed by atoms with Crippen LogP contribution in [0.25, 0.3) is 0 Å². The van der Waals surface area contributed by atoms with Gasteiger partial charge in [-0.05, 0) is 24.6 Å². The number of morpholine rings is 1. The summed E-state index contributed by atoms with van der Waals surface area (Å²) in [6.07, 6.45) is 0.741. The molecule has 0 spiro atoms. The van der Waals surface area contributed by atoms with Gasteiger partial charge in [-0.15, -0.1) is 0 Å². The summed E-state index contributed by atoms with van der Waals surface area (Å²) in [6, 6.07) is 5.59. The Morgan fingerprint density at radius 1 is 1.47 bits per heavy atom. The highest BCUT2D eigenvalue weighted by molar-refractivity contribution is 6.42. The van der Waals surface area contributed by atoms with Crippen LogP contribution in [-0.2, 0) is 11.2 Å². The predicted octanol–water partition coefficient (Wildman–Crippen LogP) is 2.58. The monoisotopic (exact) mass is 302 g/mol. The largest absolute Gasteiger partial charge is 0.374 e. The Hall–Kier alpha value is -0.320. The van der Waals surface area contributed by atoms with Gasteiger partial charge in [0.15, 0.2) is 0 Å². The van der Waals surface area contributed by atoms with E-state index in [4.69, 9.17) is 33.7 Å². The normalized spacial score (nSPS) is 22.4. The van der Waals surface area contributed by atoms with Gasteiger partial charge in [0.2, 0.25) is 0 Å². The van der Waals surface area contributed by atoms with Gasteiger partial charge < -0.3 is 10.5 Å². The highest BCUT2D eigenvalue weighted by atomic mass is 35.5. The second-order valence-electron chi connectivity index (χ2n) is 4.88. The van der Waals surface area contributed by atoms with Crippen LogP contribution in [-0.4, -0.2) is 43.3 Å². The van der Waals surface area contributed by atoms with Gasteiger partial charge in [-0.1, -0.05) is 42.3 Å². The van der Waals surface area contributed by atoms with Crippen LogP contribution >= 0.6 is 23.2 Å². The van der Waals surface area contributed by atoms with Gasteiger partial charge in [-0.25, -0.2) is 0 Å². The van der Waals surface area contributed by atoms with E-state index in [2.05, 4.69) is 11.8 Å². The fourth-order valence-corrected chi connectivity index (χ4v) is 2.77. The Kier molecular flexibility index (Phi) is 5.48. The third kappa shape index (κ3) is 3.83. The maximum atomic E-state index is 6.26. The minimum absolute atomic E-state index is 0.0590. The molecule has 2 atom stereocenters. The second-order valence-corrected chi connectivity index (χ2v) is 5.67. The van der Waals surface area contributed by atoms with Crippen LogP contribution in [0, 0.1) is 0 Å². The van der Waals surface area contributed by atoms with Crippen LogP contribution in [0.5, 0.6) is 0 Å². The van der Waals surface area contributed by atoms with Crippen molar-refractivity contribution in [3.05, 3.63) is 33.8 Å². The average molecular weight is 303 g/mol. The van der Waals surface area contributed by atoms with Crippen molar-refractivity contribution in [2.45, 2.75) is 25.5 Å². The van der Waals surface area contributed by atoms with E-state index in [1.807, 2.05) is 12.1 Å². The molecule has 1 saturated heterocycles. The van der Waals surface area contributed by atoms with E-state index in [0.29, 0.717) is 16.5 Å². The van der Waals surface area contributed by atoms with Gasteiger partial charge in [-0.3, -0.25) is 4.90 Å². The lowest BCUT2D eigenvalue weighted by Crippen LogP contribution is -2.51. The van der Waals surface area contributed by atoms with Gasteiger partial charge in [-0.2, -0.15) is 0 Å². The first kappa shape index (κ1) is 15.1. The SMILES string of the molecule is CCN1CCOC(C(N)Cc2cccc(Cl)c2Cl)C1. The Labute approximate surface area is 124 Å². The third-order valence-electron chi connectivity index (χ3n) is 3.59. The summed E-state index contributed by atoms with van der Waals surface area (Å²) in [6.45, 7) is 5.80. The molecule has 0 amide bonds. The summed E-state index contributed by atoms with van der Waals surface area (Å²) in [7, 11) is 0. The molecular weight excluding hydrogens is 283 g/mol. The van der Waals surface area contributed by atoms with E-state index in [1.54, 1.807) is 6.07 Å². The van der Waals surface area contributed by atoms with Gasteiger partial charge in [0, 0.05) is 19.1 Å². The molecule has 5 heteroatoms. The smallest absolute Gasteiger partial charge is 0.0856 e. The highest BCUT2D eigenvalue weighted by Crippen LogP contribution is 2.27. The topological polar surface area (TPSA) is 38.5 Å². The zero-order valence-electron chi connectivity index (χ0n) is 11.1. The first-order valence-electron chi connectivity index (χ1n) is 6.64. The first-order valence-corrected chi connectivity index (χ1v) is 7.39. The molecular formula is C14H20Cl2N2O. The van der Waals surface area contributed by atoms with Crippen LogP contribution in [0.2, 0.25) is 10.0 Å². The molecule has 1 aromatic rings. The lowest BCUT2D eigenvalue weighted by atomic mass is 10.0. The number of rotatable bonds is 4. The molecule has 106 valence electrons. The van der Waals surface area contributed by atoms with Gasteiger partial charge in [0.05, 0.1) is 22.8 Å². The molecule has 1 aromatic carbocycles. The van der Waals surface area contributed by atoms with Crippen molar-refractivity contribution in [1.29, 1.82) is 0 Å². The van der Waals surface area contributed by atoms with Crippen molar-refractivity contribution in [2.24, 2.45) is 5.73 Å². The molecule has 0 aromatic heterocycles. The maximum Gasteiger partial charge on any atom is 0.0856 e. The molecule has 1 aliphatic rings. The van der Waals surface area contributed by atoms with Crippen LogP contribution in [0.3, 0.4) is 0 Å². The zero-order valence-corrected chi connectivity index (χ0v) is 12.6. The quantitative estimate of drug-likeness (QED) is 0.929. The van der Waals surface area contributed by atoms with Gasteiger partial charge in [0.1, 0.15) is 0 Å². The molecule has 0 bridgehead atoms. The number of hydrogen-bond acceptors (Lipinski definition) is 3. The third-order valence-corrected chi connectivity index (χ3v) is 4.45. The van der Waals surface area contributed by atoms with Crippen LogP contribution in [0.4, 0.5) is 0 Å². The Morgan fingerprint density at radius 2 is 2.26 bits per heavy atom. The molecule has 2 rings (SSSR count). The molecule has 3 nitrogen and oxygen atoms in total. The predicted molar refractivity (Wildman–Crippen MR) is 80.0 cm³/mol. The molecule has 2 N–H and O–H groups in total. The fraction of sp³-hybridized carbons (Fsp3) is 0.571. The lowest BCUT2D eigenvalue weighted by molar-refractivity contribution is -0.0385. The number of benzene rings is 1. The Balaban J connectivity index is 2.00. The summed E-state index contributed by atoms with van der Waals surface area (Å²) in [4.78, 5) is 2.35. The van der Waals surface area contributed by atoms with Gasteiger partial charge in [0.25, 0.3) is 0 Å². The van der Waals surface area contributed by atoms with Gasteiger partial charge >= 0.3 is 0 Å². The van der Waals surface area contributed by atoms with Crippen LogP contribution in [0.15, 0.2) is 18.2 Å². The van der Waals surface area contributed by atoms with E-state index in [0.717, 1.165) is 31.8 Å². The molecule has 2 unspecified atom stereocenters. The standard InChI is InChI=1S/C14H20Cl2N2O/c1-2-18-6-7-19-13(9-18)12(17)8-10-4-3-5-11(15)14(10)16/h3-5,12-13H,2,6-9,17H2,1H3. The van der Waals surface area contributed by atoms with Crippen LogP contribution in [0.1, 0.15) is 12.5 Å². The van der Waals surface area contributed by atoms with E-state index < -0.39 is 0 Å². The number of ether oxygens (including phenoxy) is 1. The van der Waals surface area contributed by atoms with E-state index in [9.17, 15) is 0 Å². The summed E-state index contributed by atoms with van der Waals surface area (Å²) in [5.41, 5.74) is 7.25. The lowest BCUT2D eigenvalue weighted by Gasteiger charge is -2.35. The maximum absolute atomic E-state index is 6.26. The molecule has 0 radical (unpaired) electrons. The van der Waals surface area contributed by atoms with Crippen molar-refractivity contribution in [2.75, 3.05) is 26.2 Å². The summed E-state index contributed by atoms with van der Waals surface area (Å²) in [5.74, 6) is 0. The number of nitrogens with zero attached hydrogens (tertiary/aromatic N) is 1. The van der Waals surface area contributed by atoms with Crippen molar-refractivity contribution in [3.63, 3.8) is 0 Å². The zero-order chi connectivity index (χ0) is 13.8. The Morgan fingerprint density at radius 3 is 3.00 bits per heavy atom. The molecule has 19 heavy (non-hydrogen) atoms. The summed E-state index contributed by atoms with van der Waals surface area (Å²) < 4.78 is 5.77. The minimum Gasteiger partial charge on any atom is -0.374 e. The average Bonchev–Trinajstić information content (AvgIpc) is 2.44. The van der Waals surface area contributed by atoms with E-state index in [1.165, 1.54) is 0 Å². The number of nitrogens with two attached hydrogens (primary N) is 1. The van der Waals surface area contributed by atoms with Crippen molar-refractivity contribution >= 4 is 23.2 Å². The number of hydrogen-bond donors (Lipinski definition) is 1. The molecule has 1 aliphatic heterocycles. The molecule has 1 fully saturated rings. The Bertz CT molecular complexity index is 428. The van der Waals surface area contributed by atoms with Crippen molar-refractivity contribution in [3.8, 4) is 0 Å². The second kappa shape index (κ2) is 6.91. The first-order chi connectivity index (χ1) is 9.11.